The summed E-state index contributed by atoms with van der Waals surface area (Å²) in [5, 5.41) is 14.1. The zero-order valence-electron chi connectivity index (χ0n) is 23.5. The van der Waals surface area contributed by atoms with E-state index in [1.807, 2.05) is 0 Å². The van der Waals surface area contributed by atoms with Crippen LogP contribution in [0.3, 0.4) is 0 Å². The number of rotatable bonds is 9. The van der Waals surface area contributed by atoms with Crippen LogP contribution < -0.4 is 9.64 Å². The van der Waals surface area contributed by atoms with Crippen molar-refractivity contribution in [1.29, 1.82) is 0 Å². The van der Waals surface area contributed by atoms with Gasteiger partial charge in [0.1, 0.15) is 22.7 Å². The summed E-state index contributed by atoms with van der Waals surface area (Å²) >= 11 is 1.31. The lowest BCUT2D eigenvalue weighted by Crippen LogP contribution is -2.48. The maximum Gasteiger partial charge on any atom is 0.573 e. The maximum absolute atomic E-state index is 14.5. The molecule has 0 radical (unpaired) electrons. The Morgan fingerprint density at radius 2 is 1.91 bits per heavy atom. The first-order valence-corrected chi connectivity index (χ1v) is 15.4. The molecule has 1 spiro atoms. The van der Waals surface area contributed by atoms with Crippen molar-refractivity contribution in [3.63, 3.8) is 0 Å². The number of fused-ring (bicyclic) bond motifs is 1. The number of nitrogens with zero attached hydrogens (tertiary/aromatic N) is 3. The van der Waals surface area contributed by atoms with E-state index in [1.165, 1.54) is 29.5 Å². The van der Waals surface area contributed by atoms with Crippen molar-refractivity contribution in [3.05, 3.63) is 59.1 Å². The van der Waals surface area contributed by atoms with E-state index in [1.54, 1.807) is 12.1 Å². The third-order valence-electron chi connectivity index (χ3n) is 8.96. The monoisotopic (exact) mass is 631 g/mol. The summed E-state index contributed by atoms with van der Waals surface area (Å²) in [4.78, 5) is 17.9. The number of piperidine rings is 1. The van der Waals surface area contributed by atoms with Crippen molar-refractivity contribution in [1.82, 2.24) is 10.1 Å². The van der Waals surface area contributed by atoms with E-state index < -0.39 is 18.1 Å². The van der Waals surface area contributed by atoms with Crippen LogP contribution in [0.4, 0.5) is 22.7 Å². The van der Waals surface area contributed by atoms with Crippen molar-refractivity contribution in [3.8, 4) is 17.0 Å². The van der Waals surface area contributed by atoms with Gasteiger partial charge in [0.05, 0.1) is 16.9 Å². The molecule has 2 aromatic heterocycles. The second-order valence-corrected chi connectivity index (χ2v) is 13.1. The number of anilines is 1. The molecule has 1 N–H and O–H groups in total. The minimum atomic E-state index is -4.83. The van der Waals surface area contributed by atoms with Crippen LogP contribution >= 0.6 is 11.3 Å². The number of hydrogen-bond donors (Lipinski definition) is 1. The molecule has 8 nitrogen and oxygen atoms in total. The molecular formula is C31H29F4N3O5S. The van der Waals surface area contributed by atoms with Crippen LogP contribution in [0.25, 0.3) is 21.5 Å². The quantitative estimate of drug-likeness (QED) is 0.187. The van der Waals surface area contributed by atoms with Crippen molar-refractivity contribution in [2.45, 2.75) is 57.4 Å². The molecular weight excluding hydrogens is 602 g/mol. The number of hydrogen-bond acceptors (Lipinski definition) is 8. The van der Waals surface area contributed by atoms with Gasteiger partial charge in [-0.25, -0.2) is 14.2 Å². The van der Waals surface area contributed by atoms with Gasteiger partial charge in [-0.3, -0.25) is 0 Å². The van der Waals surface area contributed by atoms with E-state index >= 15 is 0 Å². The minimum Gasteiger partial charge on any atom is -0.478 e. The number of carbonyl (C=O) groups is 1. The molecule has 2 aromatic carbocycles. The second kappa shape index (κ2) is 11.0. The summed E-state index contributed by atoms with van der Waals surface area (Å²) in [6.07, 6.45) is 1.04. The van der Waals surface area contributed by atoms with Gasteiger partial charge in [-0.05, 0) is 74.1 Å². The molecule has 2 saturated carbocycles. The highest BCUT2D eigenvalue weighted by molar-refractivity contribution is 7.22. The lowest BCUT2D eigenvalue weighted by atomic mass is 9.58. The Morgan fingerprint density at radius 3 is 2.61 bits per heavy atom. The predicted octanol–water partition coefficient (Wildman–Crippen LogP) is 7.78. The molecule has 1 saturated heterocycles. The van der Waals surface area contributed by atoms with Crippen LogP contribution in [0.5, 0.6) is 5.75 Å². The van der Waals surface area contributed by atoms with Crippen LogP contribution in [-0.4, -0.2) is 47.3 Å². The Bertz CT molecular complexity index is 1700. The molecule has 13 heteroatoms. The number of thiazole rings is 1. The number of para-hydroxylation sites is 1. The number of ether oxygens (including phenoxy) is 2. The van der Waals surface area contributed by atoms with E-state index in [0.29, 0.717) is 39.4 Å². The first kappa shape index (κ1) is 29.0. The molecule has 4 aromatic rings. The lowest BCUT2D eigenvalue weighted by molar-refractivity contribution is -0.274. The summed E-state index contributed by atoms with van der Waals surface area (Å²) in [6.45, 7) is 2.30. The van der Waals surface area contributed by atoms with Crippen molar-refractivity contribution < 1.29 is 41.5 Å². The summed E-state index contributed by atoms with van der Waals surface area (Å²) in [6, 6.07) is 8.40. The highest BCUT2D eigenvalue weighted by Gasteiger charge is 2.46. The Balaban J connectivity index is 0.957. The van der Waals surface area contributed by atoms with Crippen LogP contribution in [-0.2, 0) is 11.3 Å². The topological polar surface area (TPSA) is 97.9 Å². The normalized spacial score (nSPS) is 18.6. The van der Waals surface area contributed by atoms with Gasteiger partial charge in [0.2, 0.25) is 0 Å². The third-order valence-corrected chi connectivity index (χ3v) is 10.0. The third kappa shape index (κ3) is 5.74. The fourth-order valence-corrected chi connectivity index (χ4v) is 7.71. The molecule has 232 valence electrons. The number of carboxylic acids is 1. The molecule has 7 rings (SSSR count). The molecule has 0 atom stereocenters. The van der Waals surface area contributed by atoms with Gasteiger partial charge in [-0.2, -0.15) is 0 Å². The number of benzene rings is 2. The second-order valence-electron chi connectivity index (χ2n) is 12.1. The Hall–Kier alpha value is -3.71. The van der Waals surface area contributed by atoms with E-state index in [9.17, 15) is 27.5 Å². The molecule has 3 fully saturated rings. The lowest BCUT2D eigenvalue weighted by Gasteiger charge is -2.52. The molecule has 3 aliphatic rings. The summed E-state index contributed by atoms with van der Waals surface area (Å²) in [5.74, 6) is -0.873. The van der Waals surface area contributed by atoms with E-state index in [2.05, 4.69) is 19.8 Å². The Kier molecular flexibility index (Phi) is 7.27. The summed E-state index contributed by atoms with van der Waals surface area (Å²) < 4.78 is 70.1. The summed E-state index contributed by atoms with van der Waals surface area (Å²) in [7, 11) is 0. The number of aromatic nitrogens is 2. The fraction of sp³-hybridized carbons (Fsp3) is 0.452. The van der Waals surface area contributed by atoms with Gasteiger partial charge in [-0.1, -0.05) is 28.6 Å². The largest absolute Gasteiger partial charge is 0.573 e. The van der Waals surface area contributed by atoms with Gasteiger partial charge >= 0.3 is 12.3 Å². The van der Waals surface area contributed by atoms with Gasteiger partial charge in [0.15, 0.2) is 10.9 Å². The minimum absolute atomic E-state index is 0.0881. The molecule has 44 heavy (non-hydrogen) atoms. The van der Waals surface area contributed by atoms with Gasteiger partial charge in [-0.15, -0.1) is 13.2 Å². The molecule has 1 aliphatic heterocycles. The van der Waals surface area contributed by atoms with Crippen molar-refractivity contribution >= 4 is 32.7 Å². The first-order valence-electron chi connectivity index (χ1n) is 14.6. The van der Waals surface area contributed by atoms with Crippen LogP contribution in [0.15, 0.2) is 40.9 Å². The van der Waals surface area contributed by atoms with Crippen LogP contribution in [0, 0.1) is 17.2 Å². The van der Waals surface area contributed by atoms with E-state index in [4.69, 9.17) is 9.26 Å². The molecule has 2 aliphatic carbocycles. The van der Waals surface area contributed by atoms with Gasteiger partial charge in [0, 0.05) is 36.7 Å². The molecule has 0 amide bonds. The molecule has 0 bridgehead atoms. The van der Waals surface area contributed by atoms with Crippen LogP contribution in [0.2, 0.25) is 0 Å². The molecule has 0 unspecified atom stereocenters. The highest BCUT2D eigenvalue weighted by atomic mass is 32.1. The zero-order chi connectivity index (χ0) is 30.6. The number of halogens is 4. The van der Waals surface area contributed by atoms with Gasteiger partial charge < -0.3 is 24.0 Å². The predicted molar refractivity (Wildman–Crippen MR) is 153 cm³/mol. The van der Waals surface area contributed by atoms with Crippen molar-refractivity contribution in [2.75, 3.05) is 24.6 Å². The van der Waals surface area contributed by atoms with Gasteiger partial charge in [0.25, 0.3) is 0 Å². The Morgan fingerprint density at radius 1 is 1.16 bits per heavy atom. The van der Waals surface area contributed by atoms with Crippen LogP contribution in [0.1, 0.15) is 66.1 Å². The van der Waals surface area contributed by atoms with E-state index in [0.717, 1.165) is 57.7 Å². The number of alkyl halides is 3. The molecule has 3 heterocycles. The SMILES string of the molecule is O=C(O)c1cc(F)c2nc(N3CCC4(CC3)CC(COCc3c(-c5ccccc5OC(F)(F)F)noc3C3CC3)C4)sc2c1. The maximum atomic E-state index is 14.5. The number of aromatic carboxylic acids is 1. The zero-order valence-corrected chi connectivity index (χ0v) is 24.3. The smallest absolute Gasteiger partial charge is 0.478 e. The fourth-order valence-electron chi connectivity index (χ4n) is 6.64. The average molecular weight is 632 g/mol. The number of carboxylic acid groups (broad SMARTS) is 1. The van der Waals surface area contributed by atoms with E-state index in [-0.39, 0.29) is 40.3 Å². The standard InChI is InChI=1S/C31H29F4N3O5S/c32-22-11-19(28(39)40)12-24-26(22)36-29(44-24)38-9-7-30(8-10-38)13-17(14-30)15-41-16-21-25(37-43-27(21)18-5-6-18)20-3-1-2-4-23(20)42-31(33,34)35/h1-4,11-12,17-18H,5-10,13-16H2,(H,39,40). The highest BCUT2D eigenvalue weighted by Crippen LogP contribution is 2.53. The van der Waals surface area contributed by atoms with Crippen molar-refractivity contribution in [2.24, 2.45) is 11.3 Å². The Labute approximate surface area is 253 Å². The summed E-state index contributed by atoms with van der Waals surface area (Å²) in [5.41, 5.74) is 1.54. The average Bonchev–Trinajstić information content (AvgIpc) is 3.57. The first-order chi connectivity index (χ1) is 21.1.